The van der Waals surface area contributed by atoms with Gasteiger partial charge in [-0.1, -0.05) is 0 Å². The fourth-order valence-electron chi connectivity index (χ4n) is 4.39. The highest BCUT2D eigenvalue weighted by Crippen LogP contribution is 2.46. The molecule has 0 saturated carbocycles. The first kappa shape index (κ1) is 15.3. The van der Waals surface area contributed by atoms with E-state index >= 15 is 0 Å². The molecule has 1 unspecified atom stereocenters. The first-order valence-electron chi connectivity index (χ1n) is 8.86. The molecule has 130 valence electrons. The zero-order valence-corrected chi connectivity index (χ0v) is 14.4. The Morgan fingerprint density at radius 1 is 1.12 bits per heavy atom. The topological polar surface area (TPSA) is 69.4 Å². The van der Waals surface area contributed by atoms with Gasteiger partial charge in [0.1, 0.15) is 11.3 Å². The molecular formula is C21H17NO4. The maximum Gasteiger partial charge on any atom is 0.339 e. The molecule has 2 aliphatic rings. The monoisotopic (exact) mass is 347 g/mol. The van der Waals surface area contributed by atoms with Crippen molar-refractivity contribution < 1.29 is 13.9 Å². The molecule has 0 spiro atoms. The normalized spacial score (nSPS) is 18.5. The minimum atomic E-state index is -0.267. The van der Waals surface area contributed by atoms with Crippen molar-refractivity contribution in [1.29, 1.82) is 0 Å². The fraction of sp³-hybridized carbons (Fsp3) is 0.286. The van der Waals surface area contributed by atoms with E-state index in [0.717, 1.165) is 52.5 Å². The molecule has 1 aromatic carbocycles. The van der Waals surface area contributed by atoms with Crippen molar-refractivity contribution in [2.45, 2.75) is 38.5 Å². The summed E-state index contributed by atoms with van der Waals surface area (Å²) in [5.74, 6) is 0.228. The van der Waals surface area contributed by atoms with Crippen LogP contribution in [0.1, 0.15) is 46.6 Å². The highest BCUT2D eigenvalue weighted by Gasteiger charge is 2.34. The fourth-order valence-corrected chi connectivity index (χ4v) is 4.39. The van der Waals surface area contributed by atoms with Gasteiger partial charge in [0.15, 0.2) is 0 Å². The van der Waals surface area contributed by atoms with E-state index in [2.05, 4.69) is 4.98 Å². The van der Waals surface area contributed by atoms with Crippen molar-refractivity contribution in [3.05, 3.63) is 68.8 Å². The molecule has 1 atom stereocenters. The largest absolute Gasteiger partial charge is 0.425 e. The van der Waals surface area contributed by atoms with E-state index in [1.54, 1.807) is 12.4 Å². The molecule has 5 nitrogen and oxygen atoms in total. The average molecular weight is 347 g/mol. The number of fused-ring (bicyclic) bond motifs is 5. The molecule has 5 rings (SSSR count). The van der Waals surface area contributed by atoms with Crippen molar-refractivity contribution in [2.75, 3.05) is 0 Å². The van der Waals surface area contributed by atoms with Gasteiger partial charge in [-0.25, -0.2) is 4.79 Å². The van der Waals surface area contributed by atoms with Gasteiger partial charge >= 0.3 is 11.6 Å². The van der Waals surface area contributed by atoms with Crippen LogP contribution in [0, 0.1) is 6.92 Å². The van der Waals surface area contributed by atoms with E-state index in [1.807, 2.05) is 25.1 Å². The van der Waals surface area contributed by atoms with Crippen LogP contribution in [-0.2, 0) is 17.6 Å². The molecule has 0 saturated heterocycles. The van der Waals surface area contributed by atoms with Crippen LogP contribution in [0.25, 0.3) is 11.0 Å². The SMILES string of the molecule is Cc1cc2oc(=O)c3c(c2c2c1C(c1ccncc1)CC(=O)O2)CCC3. The van der Waals surface area contributed by atoms with Gasteiger partial charge in [0.2, 0.25) is 0 Å². The number of carbonyl (C=O) groups is 1. The van der Waals surface area contributed by atoms with Crippen LogP contribution in [0.2, 0.25) is 0 Å². The number of nitrogens with zero attached hydrogens (tertiary/aromatic N) is 1. The lowest BCUT2D eigenvalue weighted by Gasteiger charge is -2.28. The van der Waals surface area contributed by atoms with Crippen molar-refractivity contribution in [3.8, 4) is 5.75 Å². The van der Waals surface area contributed by atoms with Gasteiger partial charge in [-0.05, 0) is 61.1 Å². The molecule has 26 heavy (non-hydrogen) atoms. The van der Waals surface area contributed by atoms with E-state index in [0.29, 0.717) is 17.8 Å². The van der Waals surface area contributed by atoms with E-state index in [4.69, 9.17) is 9.15 Å². The summed E-state index contributed by atoms with van der Waals surface area (Å²) in [6, 6.07) is 5.78. The second-order valence-electron chi connectivity index (χ2n) is 7.02. The quantitative estimate of drug-likeness (QED) is 0.383. The van der Waals surface area contributed by atoms with Crippen LogP contribution in [0.15, 0.2) is 39.8 Å². The summed E-state index contributed by atoms with van der Waals surface area (Å²) in [5, 5.41) is 0.796. The summed E-state index contributed by atoms with van der Waals surface area (Å²) in [6.07, 6.45) is 6.22. The number of benzene rings is 1. The minimum Gasteiger partial charge on any atom is -0.425 e. The molecule has 0 radical (unpaired) electrons. The smallest absolute Gasteiger partial charge is 0.339 e. The van der Waals surface area contributed by atoms with E-state index in [9.17, 15) is 9.59 Å². The number of aromatic nitrogens is 1. The highest BCUT2D eigenvalue weighted by atomic mass is 16.5. The molecule has 0 bridgehead atoms. The molecule has 1 aliphatic heterocycles. The molecular weight excluding hydrogens is 330 g/mol. The summed E-state index contributed by atoms with van der Waals surface area (Å²) < 4.78 is 11.3. The number of pyridine rings is 1. The molecule has 3 aromatic rings. The Balaban J connectivity index is 1.86. The average Bonchev–Trinajstić information content (AvgIpc) is 3.12. The molecule has 5 heteroatoms. The van der Waals surface area contributed by atoms with Crippen LogP contribution >= 0.6 is 0 Å². The number of rotatable bonds is 1. The third-order valence-corrected chi connectivity index (χ3v) is 5.50. The first-order chi connectivity index (χ1) is 12.6. The molecule has 3 heterocycles. The number of hydrogen-bond donors (Lipinski definition) is 0. The Hall–Kier alpha value is -2.95. The predicted molar refractivity (Wildman–Crippen MR) is 95.6 cm³/mol. The van der Waals surface area contributed by atoms with Crippen LogP contribution < -0.4 is 10.4 Å². The first-order valence-corrected chi connectivity index (χ1v) is 8.86. The van der Waals surface area contributed by atoms with Gasteiger partial charge in [-0.2, -0.15) is 0 Å². The Labute approximate surface area is 149 Å². The van der Waals surface area contributed by atoms with Gasteiger partial charge in [0, 0.05) is 29.4 Å². The third kappa shape index (κ3) is 2.13. The van der Waals surface area contributed by atoms with Gasteiger partial charge < -0.3 is 9.15 Å². The Morgan fingerprint density at radius 3 is 2.69 bits per heavy atom. The van der Waals surface area contributed by atoms with Gasteiger partial charge in [0.25, 0.3) is 0 Å². The zero-order chi connectivity index (χ0) is 17.8. The Kier molecular flexibility index (Phi) is 3.26. The number of esters is 1. The maximum absolute atomic E-state index is 12.4. The minimum absolute atomic E-state index is 0.0809. The lowest BCUT2D eigenvalue weighted by molar-refractivity contribution is -0.135. The lowest BCUT2D eigenvalue weighted by Crippen LogP contribution is -2.23. The summed E-state index contributed by atoms with van der Waals surface area (Å²) in [7, 11) is 0. The summed E-state index contributed by atoms with van der Waals surface area (Å²) >= 11 is 0. The third-order valence-electron chi connectivity index (χ3n) is 5.50. The van der Waals surface area contributed by atoms with Crippen molar-refractivity contribution in [3.63, 3.8) is 0 Å². The Bertz CT molecular complexity index is 1110. The molecule has 0 N–H and O–H groups in total. The van der Waals surface area contributed by atoms with Gasteiger partial charge in [-0.15, -0.1) is 0 Å². The molecule has 0 fully saturated rings. The number of ether oxygens (including phenoxy) is 1. The maximum atomic E-state index is 12.4. The van der Waals surface area contributed by atoms with Gasteiger partial charge in [0.05, 0.1) is 11.8 Å². The summed E-state index contributed by atoms with van der Waals surface area (Å²) in [5.41, 5.74) is 4.96. The highest BCUT2D eigenvalue weighted by molar-refractivity contribution is 5.94. The zero-order valence-electron chi connectivity index (χ0n) is 14.4. The second-order valence-corrected chi connectivity index (χ2v) is 7.02. The number of carbonyl (C=O) groups excluding carboxylic acids is 1. The molecule has 1 aliphatic carbocycles. The molecule has 2 aromatic heterocycles. The number of aryl methyl sites for hydroxylation is 2. The van der Waals surface area contributed by atoms with E-state index in [-0.39, 0.29) is 17.5 Å². The van der Waals surface area contributed by atoms with Crippen LogP contribution in [0.3, 0.4) is 0 Å². The second kappa shape index (κ2) is 5.53. The summed E-state index contributed by atoms with van der Waals surface area (Å²) in [6.45, 7) is 1.97. The molecule has 0 amide bonds. The van der Waals surface area contributed by atoms with Crippen molar-refractivity contribution >= 4 is 16.9 Å². The van der Waals surface area contributed by atoms with Crippen molar-refractivity contribution in [1.82, 2.24) is 4.98 Å². The standard InChI is InChI=1S/C21H17NO4/c1-11-9-16-19(13-3-2-4-14(13)21(24)25-16)20-18(11)15(10-17(23)26-20)12-5-7-22-8-6-12/h5-9,15H,2-4,10H2,1H3. The Morgan fingerprint density at radius 2 is 1.88 bits per heavy atom. The van der Waals surface area contributed by atoms with E-state index < -0.39 is 0 Å². The van der Waals surface area contributed by atoms with Crippen LogP contribution in [0.5, 0.6) is 5.75 Å². The number of hydrogen-bond acceptors (Lipinski definition) is 5. The van der Waals surface area contributed by atoms with Gasteiger partial charge in [-0.3, -0.25) is 9.78 Å². The van der Waals surface area contributed by atoms with Crippen LogP contribution in [-0.4, -0.2) is 11.0 Å². The van der Waals surface area contributed by atoms with Crippen molar-refractivity contribution in [2.24, 2.45) is 0 Å². The lowest BCUT2D eigenvalue weighted by atomic mass is 9.83. The predicted octanol–water partition coefficient (Wildman–Crippen LogP) is 3.43. The van der Waals surface area contributed by atoms with Crippen LogP contribution in [0.4, 0.5) is 0 Å². The summed E-state index contributed by atoms with van der Waals surface area (Å²) in [4.78, 5) is 28.8. The van der Waals surface area contributed by atoms with E-state index in [1.165, 1.54) is 0 Å².